The van der Waals surface area contributed by atoms with Crippen LogP contribution < -0.4 is 10.2 Å². The van der Waals surface area contributed by atoms with E-state index in [2.05, 4.69) is 112 Å². The van der Waals surface area contributed by atoms with Crippen molar-refractivity contribution in [1.29, 1.82) is 0 Å². The summed E-state index contributed by atoms with van der Waals surface area (Å²) >= 11 is 7.56. The predicted octanol–water partition coefficient (Wildman–Crippen LogP) is 12.3. The van der Waals surface area contributed by atoms with Gasteiger partial charge in [0.25, 0.3) is 0 Å². The number of anilines is 2. The van der Waals surface area contributed by atoms with Gasteiger partial charge in [-0.15, -0.1) is 0 Å². The molecule has 12 heteroatoms. The van der Waals surface area contributed by atoms with Gasteiger partial charge in [-0.1, -0.05) is 109 Å². The highest BCUT2D eigenvalue weighted by atomic mass is 35.5. The highest BCUT2D eigenvalue weighted by molar-refractivity contribution is 6.35. The maximum atomic E-state index is 18.5. The summed E-state index contributed by atoms with van der Waals surface area (Å²) in [5.41, 5.74) is 5.63. The van der Waals surface area contributed by atoms with Gasteiger partial charge in [0, 0.05) is 78.2 Å². The van der Waals surface area contributed by atoms with Crippen LogP contribution in [0.5, 0.6) is 0 Å². The number of nitrogens with one attached hydrogen (secondary N) is 1. The molecule has 4 heterocycles. The lowest BCUT2D eigenvalue weighted by Crippen LogP contribution is -2.59. The molecular formula is C57H62ClFN8O2. The van der Waals surface area contributed by atoms with Gasteiger partial charge in [-0.25, -0.2) is 18.9 Å². The molecule has 1 amide bonds. The number of piperidine rings is 1. The zero-order valence-corrected chi connectivity index (χ0v) is 41.3. The molecule has 69 heavy (non-hydrogen) atoms. The lowest BCUT2D eigenvalue weighted by atomic mass is 9.77. The maximum absolute atomic E-state index is 18.5. The number of nitrogens with zero attached hydrogens (tertiary/aromatic N) is 7. The topological polar surface area (TPSA) is 91.7 Å². The molecule has 0 bridgehead atoms. The number of amides is 1. The Morgan fingerprint density at radius 3 is 1.94 bits per heavy atom. The maximum Gasteiger partial charge on any atom is 0.410 e. The Morgan fingerprint density at radius 2 is 1.38 bits per heavy atom. The number of halogens is 2. The second-order valence-electron chi connectivity index (χ2n) is 21.0. The van der Waals surface area contributed by atoms with Crippen molar-refractivity contribution in [2.24, 2.45) is 0 Å². The van der Waals surface area contributed by atoms with E-state index in [9.17, 15) is 4.79 Å². The van der Waals surface area contributed by atoms with E-state index in [4.69, 9.17) is 31.4 Å². The molecule has 0 unspecified atom stereocenters. The Morgan fingerprint density at radius 1 is 0.768 bits per heavy atom. The number of hydrogen-bond acceptors (Lipinski definition) is 8. The van der Waals surface area contributed by atoms with Crippen LogP contribution in [0, 0.1) is 12.7 Å². The molecule has 2 aromatic heterocycles. The number of fused-ring (bicyclic) bond motifs is 2. The van der Waals surface area contributed by atoms with Gasteiger partial charge in [0.15, 0.2) is 5.82 Å². The number of aromatic nitrogens is 4. The van der Waals surface area contributed by atoms with Crippen LogP contribution in [0.4, 0.5) is 21.0 Å². The van der Waals surface area contributed by atoms with Gasteiger partial charge in [-0.2, -0.15) is 10.1 Å². The Balaban J connectivity index is 1.10. The van der Waals surface area contributed by atoms with E-state index in [1.165, 1.54) is 12.8 Å². The molecule has 2 aliphatic carbocycles. The number of carbonyl (C=O) groups is 1. The molecule has 0 spiro atoms. The van der Waals surface area contributed by atoms with Gasteiger partial charge in [-0.3, -0.25) is 0 Å². The molecular weight excluding hydrogens is 883 g/mol. The van der Waals surface area contributed by atoms with Crippen molar-refractivity contribution in [3.8, 4) is 11.1 Å². The third kappa shape index (κ3) is 8.29. The largest absolute Gasteiger partial charge is 0.444 e. The average molecular weight is 946 g/mol. The lowest BCUT2D eigenvalue weighted by Gasteiger charge is -2.45. The summed E-state index contributed by atoms with van der Waals surface area (Å²) in [6, 6.07) is 38.3. The van der Waals surface area contributed by atoms with Gasteiger partial charge in [0.2, 0.25) is 5.95 Å². The Labute approximate surface area is 409 Å². The standard InChI is InChI=1S/C57H62ClFN8O2/c1-35-22-27-46-49(51(38-23-24-38)63-67(46)57(39-16-10-7-11-17-39,40-18-12-8-13-19-40)41-20-14-9-15-21-41)47(35)48-45(58)32-44-52(50(48)59)61-54(60-42-28-30-64(31-29-42)43-25-26-43)62-53(44)65-33-37(3)66(34-36(65)2)55(68)69-56(4,5)6/h7-22,27,32,36-38,42-43H,23-26,28-31,33-34H2,1-6H3,(H,60,61,62)/t36-,37+/m0/s1. The van der Waals surface area contributed by atoms with Crippen LogP contribution in [0.25, 0.3) is 32.9 Å². The quantitative estimate of drug-likeness (QED) is 0.136. The first kappa shape index (κ1) is 45.4. The fourth-order valence-electron chi connectivity index (χ4n) is 11.2. The number of rotatable bonds is 10. The number of piperazine rings is 1. The SMILES string of the molecule is Cc1ccc2c(c(C3CC3)nn2C(c2ccccc2)(c2ccccc2)c2ccccc2)c1-c1c(Cl)cc2c(N3C[C@@H](C)N(C(=O)OC(C)(C)C)C[C@@H]3C)nc(NC3CCN(C4CC4)CC3)nc2c1F. The summed E-state index contributed by atoms with van der Waals surface area (Å²) < 4.78 is 26.6. The van der Waals surface area contributed by atoms with E-state index in [0.717, 1.165) is 83.2 Å². The molecule has 1 N–H and O–H groups in total. The molecule has 2 saturated heterocycles. The number of benzene rings is 5. The molecule has 356 valence electrons. The van der Waals surface area contributed by atoms with Crippen molar-refractivity contribution in [3.05, 3.63) is 148 Å². The molecule has 5 aromatic carbocycles. The molecule has 11 rings (SSSR count). The molecule has 4 fully saturated rings. The summed E-state index contributed by atoms with van der Waals surface area (Å²) in [6.45, 7) is 14.7. The summed E-state index contributed by atoms with van der Waals surface area (Å²) in [4.78, 5) is 30.4. The first-order chi connectivity index (χ1) is 33.3. The minimum absolute atomic E-state index is 0.141. The third-order valence-electron chi connectivity index (χ3n) is 14.9. The van der Waals surface area contributed by atoms with Crippen molar-refractivity contribution in [1.82, 2.24) is 29.5 Å². The summed E-state index contributed by atoms with van der Waals surface area (Å²) in [7, 11) is 0. The number of carbonyl (C=O) groups excluding carboxylic acids is 1. The predicted molar refractivity (Wildman–Crippen MR) is 275 cm³/mol. The van der Waals surface area contributed by atoms with Crippen LogP contribution >= 0.6 is 11.6 Å². The van der Waals surface area contributed by atoms with E-state index in [1.807, 2.05) is 58.9 Å². The fraction of sp³-hybridized carbons (Fsp3) is 0.404. The average Bonchev–Trinajstić information content (AvgIpc) is 4.30. The van der Waals surface area contributed by atoms with Crippen LogP contribution in [-0.2, 0) is 10.3 Å². The number of likely N-dealkylation sites (tertiary alicyclic amines) is 1. The molecule has 0 radical (unpaired) electrons. The van der Waals surface area contributed by atoms with Gasteiger partial charge >= 0.3 is 6.09 Å². The Kier molecular flexibility index (Phi) is 11.7. The smallest absolute Gasteiger partial charge is 0.410 e. The normalized spacial score (nSPS) is 19.7. The van der Waals surface area contributed by atoms with Gasteiger partial charge in [0.05, 0.1) is 16.2 Å². The number of hydrogen-bond donors (Lipinski definition) is 1. The second-order valence-corrected chi connectivity index (χ2v) is 21.4. The molecule has 2 aliphatic heterocycles. The zero-order chi connectivity index (χ0) is 47.8. The van der Waals surface area contributed by atoms with Crippen molar-refractivity contribution < 1.29 is 13.9 Å². The number of aryl methyl sites for hydroxylation is 1. The highest BCUT2D eigenvalue weighted by Gasteiger charge is 2.44. The molecule has 10 nitrogen and oxygen atoms in total. The minimum Gasteiger partial charge on any atom is -0.444 e. The van der Waals surface area contributed by atoms with Crippen LogP contribution in [0.3, 0.4) is 0 Å². The van der Waals surface area contributed by atoms with Crippen molar-refractivity contribution in [3.63, 3.8) is 0 Å². The van der Waals surface area contributed by atoms with Crippen molar-refractivity contribution >= 4 is 51.3 Å². The third-order valence-corrected chi connectivity index (χ3v) is 15.2. The number of ether oxygens (including phenoxy) is 1. The van der Waals surface area contributed by atoms with Gasteiger partial charge in [0.1, 0.15) is 22.5 Å². The fourth-order valence-corrected chi connectivity index (χ4v) is 11.5. The van der Waals surface area contributed by atoms with E-state index in [1.54, 1.807) is 4.90 Å². The minimum atomic E-state index is -0.883. The van der Waals surface area contributed by atoms with E-state index >= 15 is 4.39 Å². The van der Waals surface area contributed by atoms with E-state index in [0.29, 0.717) is 41.8 Å². The second kappa shape index (κ2) is 17.7. The molecule has 7 aromatic rings. The molecule has 2 saturated carbocycles. The summed E-state index contributed by atoms with van der Waals surface area (Å²) in [6.07, 6.45) is 6.10. The molecule has 2 atom stereocenters. The lowest BCUT2D eigenvalue weighted by molar-refractivity contribution is 0.0130. The first-order valence-electron chi connectivity index (χ1n) is 25.0. The first-order valence-corrected chi connectivity index (χ1v) is 25.3. The van der Waals surface area contributed by atoms with E-state index in [-0.39, 0.29) is 40.7 Å². The van der Waals surface area contributed by atoms with Crippen LogP contribution in [0.15, 0.2) is 109 Å². The summed E-state index contributed by atoms with van der Waals surface area (Å²) in [5, 5.41) is 11.1. The highest BCUT2D eigenvalue weighted by Crippen LogP contribution is 2.52. The zero-order valence-electron chi connectivity index (χ0n) is 40.6. The monoisotopic (exact) mass is 944 g/mol. The van der Waals surface area contributed by atoms with Gasteiger partial charge in [-0.05, 0) is 114 Å². The van der Waals surface area contributed by atoms with Gasteiger partial charge < -0.3 is 24.8 Å². The van der Waals surface area contributed by atoms with Crippen molar-refractivity contribution in [2.75, 3.05) is 36.4 Å². The van der Waals surface area contributed by atoms with E-state index < -0.39 is 17.0 Å². The van der Waals surface area contributed by atoms with Crippen LogP contribution in [0.2, 0.25) is 5.02 Å². The van der Waals surface area contributed by atoms with Crippen LogP contribution in [-0.4, -0.2) is 91.6 Å². The Hall–Kier alpha value is -6.04. The summed E-state index contributed by atoms with van der Waals surface area (Å²) in [5.74, 6) is 0.693. The molecule has 4 aliphatic rings. The van der Waals surface area contributed by atoms with Crippen LogP contribution in [0.1, 0.15) is 107 Å². The van der Waals surface area contributed by atoms with Crippen molar-refractivity contribution in [2.45, 2.75) is 121 Å². The Bertz CT molecular complexity index is 2940.